The number of rotatable bonds is 4. The van der Waals surface area contributed by atoms with E-state index in [4.69, 9.17) is 0 Å². The van der Waals surface area contributed by atoms with E-state index in [1.165, 1.54) is 6.07 Å². The molecule has 0 saturated heterocycles. The lowest BCUT2D eigenvalue weighted by atomic mass is 9.99. The number of carbonyl (C=O) groups is 1. The number of alkyl halides is 3. The Hall–Kier alpha value is -1.71. The first-order valence-corrected chi connectivity index (χ1v) is 6.96. The SMILES string of the molecule is CON(C)C(=O)C[C@@](O)(c1nc2ccccc2s1)C(F)(F)F. The molecule has 2 aromatic rings. The molecule has 1 amide bonds. The van der Waals surface area contributed by atoms with Crippen LogP contribution in [0.2, 0.25) is 0 Å². The van der Waals surface area contributed by atoms with Gasteiger partial charge in [-0.1, -0.05) is 12.1 Å². The maximum atomic E-state index is 13.4. The number of hydroxylamine groups is 2. The van der Waals surface area contributed by atoms with Crippen molar-refractivity contribution in [2.45, 2.75) is 18.2 Å². The van der Waals surface area contributed by atoms with E-state index in [9.17, 15) is 23.1 Å². The third-order valence-corrected chi connectivity index (χ3v) is 4.34. The van der Waals surface area contributed by atoms with Gasteiger partial charge in [0, 0.05) is 7.05 Å². The van der Waals surface area contributed by atoms with Crippen LogP contribution in [0.5, 0.6) is 0 Å². The molecule has 1 atom stereocenters. The molecule has 0 aliphatic heterocycles. The molecule has 0 saturated carbocycles. The smallest absolute Gasteiger partial charge is 0.374 e. The Morgan fingerprint density at radius 2 is 2.05 bits per heavy atom. The van der Waals surface area contributed by atoms with Gasteiger partial charge in [-0.15, -0.1) is 11.3 Å². The van der Waals surface area contributed by atoms with Crippen LogP contribution in [-0.4, -0.2) is 41.4 Å². The Labute approximate surface area is 127 Å². The third-order valence-electron chi connectivity index (χ3n) is 3.15. The van der Waals surface area contributed by atoms with Crippen molar-refractivity contribution in [2.75, 3.05) is 14.2 Å². The fraction of sp³-hybridized carbons (Fsp3) is 0.385. The summed E-state index contributed by atoms with van der Waals surface area (Å²) in [5, 5.41) is 10.2. The van der Waals surface area contributed by atoms with Crippen LogP contribution in [-0.2, 0) is 15.2 Å². The van der Waals surface area contributed by atoms with Crippen LogP contribution < -0.4 is 0 Å². The van der Waals surface area contributed by atoms with Crippen molar-refractivity contribution in [1.29, 1.82) is 0 Å². The molecule has 5 nitrogen and oxygen atoms in total. The molecule has 0 spiro atoms. The zero-order valence-electron chi connectivity index (χ0n) is 11.7. The Balaban J connectivity index is 2.47. The summed E-state index contributed by atoms with van der Waals surface area (Å²) in [5.41, 5.74) is -3.03. The molecule has 1 N–H and O–H groups in total. The van der Waals surface area contributed by atoms with Crippen molar-refractivity contribution in [3.8, 4) is 0 Å². The molecule has 2 rings (SSSR count). The summed E-state index contributed by atoms with van der Waals surface area (Å²) in [6.45, 7) is 0. The molecule has 9 heteroatoms. The van der Waals surface area contributed by atoms with E-state index in [0.29, 0.717) is 26.6 Å². The largest absolute Gasteiger partial charge is 0.424 e. The lowest BCUT2D eigenvalue weighted by Gasteiger charge is -2.29. The zero-order chi connectivity index (χ0) is 16.5. The van der Waals surface area contributed by atoms with Crippen LogP contribution in [0, 0.1) is 0 Å². The number of hydrogen-bond acceptors (Lipinski definition) is 5. The highest BCUT2D eigenvalue weighted by atomic mass is 32.1. The normalized spacial score (nSPS) is 14.8. The fourth-order valence-electron chi connectivity index (χ4n) is 1.78. The monoisotopic (exact) mass is 334 g/mol. The average molecular weight is 334 g/mol. The van der Waals surface area contributed by atoms with Crippen molar-refractivity contribution in [3.63, 3.8) is 0 Å². The van der Waals surface area contributed by atoms with Gasteiger partial charge in [-0.25, -0.2) is 10.0 Å². The molecule has 0 aliphatic rings. The van der Waals surface area contributed by atoms with Crippen molar-refractivity contribution in [1.82, 2.24) is 10.0 Å². The van der Waals surface area contributed by atoms with Gasteiger partial charge >= 0.3 is 6.18 Å². The quantitative estimate of drug-likeness (QED) is 0.873. The van der Waals surface area contributed by atoms with E-state index in [1.54, 1.807) is 18.2 Å². The molecular formula is C13H13F3N2O3S. The third kappa shape index (κ3) is 2.92. The number of amides is 1. The zero-order valence-corrected chi connectivity index (χ0v) is 12.5. The van der Waals surface area contributed by atoms with Gasteiger partial charge in [-0.05, 0) is 12.1 Å². The van der Waals surface area contributed by atoms with Crippen LogP contribution in [0.15, 0.2) is 24.3 Å². The van der Waals surface area contributed by atoms with Gasteiger partial charge in [0.25, 0.3) is 0 Å². The van der Waals surface area contributed by atoms with Crippen LogP contribution in [0.3, 0.4) is 0 Å². The number of aliphatic hydroxyl groups is 1. The molecule has 120 valence electrons. The molecule has 0 unspecified atom stereocenters. The minimum Gasteiger partial charge on any atom is -0.374 e. The first-order chi connectivity index (χ1) is 10.2. The summed E-state index contributed by atoms with van der Waals surface area (Å²) in [5.74, 6) is -1.01. The molecule has 1 aromatic carbocycles. The Bertz CT molecular complexity index is 655. The number of halogens is 3. The van der Waals surface area contributed by atoms with Crippen molar-refractivity contribution in [3.05, 3.63) is 29.3 Å². The second-order valence-corrected chi connectivity index (χ2v) is 5.63. The summed E-state index contributed by atoms with van der Waals surface area (Å²) in [6, 6.07) is 6.41. The van der Waals surface area contributed by atoms with E-state index >= 15 is 0 Å². The van der Waals surface area contributed by atoms with Gasteiger partial charge < -0.3 is 5.11 Å². The number of aromatic nitrogens is 1. The van der Waals surface area contributed by atoms with Crippen LogP contribution in [0.25, 0.3) is 10.2 Å². The Kier molecular flexibility index (Phi) is 4.41. The molecule has 1 heterocycles. The summed E-state index contributed by atoms with van der Waals surface area (Å²) in [4.78, 5) is 20.1. The summed E-state index contributed by atoms with van der Waals surface area (Å²) in [7, 11) is 2.31. The number of fused-ring (bicyclic) bond motifs is 1. The number of benzene rings is 1. The highest BCUT2D eigenvalue weighted by Gasteiger charge is 2.58. The molecule has 0 bridgehead atoms. The Morgan fingerprint density at radius 3 is 2.59 bits per heavy atom. The Morgan fingerprint density at radius 1 is 1.41 bits per heavy atom. The molecule has 22 heavy (non-hydrogen) atoms. The summed E-state index contributed by atoms with van der Waals surface area (Å²) >= 11 is 0.700. The minimum absolute atomic E-state index is 0.331. The molecule has 0 aliphatic carbocycles. The maximum absolute atomic E-state index is 13.4. The predicted molar refractivity (Wildman–Crippen MR) is 74.0 cm³/mol. The van der Waals surface area contributed by atoms with E-state index < -0.39 is 29.1 Å². The van der Waals surface area contributed by atoms with E-state index in [-0.39, 0.29) is 0 Å². The van der Waals surface area contributed by atoms with Crippen molar-refractivity contribution >= 4 is 27.5 Å². The lowest BCUT2D eigenvalue weighted by molar-refractivity contribution is -0.270. The average Bonchev–Trinajstić information content (AvgIpc) is 2.89. The lowest BCUT2D eigenvalue weighted by Crippen LogP contribution is -2.46. The topological polar surface area (TPSA) is 62.7 Å². The second kappa shape index (κ2) is 5.82. The van der Waals surface area contributed by atoms with Crippen molar-refractivity contribution in [2.24, 2.45) is 0 Å². The molecule has 1 aromatic heterocycles. The molecule has 0 fully saturated rings. The number of hydrogen-bond donors (Lipinski definition) is 1. The van der Waals surface area contributed by atoms with Gasteiger partial charge in [0.1, 0.15) is 5.01 Å². The summed E-state index contributed by atoms with van der Waals surface area (Å²) < 4.78 is 40.5. The highest BCUT2D eigenvalue weighted by molar-refractivity contribution is 7.18. The van der Waals surface area contributed by atoms with Gasteiger partial charge in [-0.3, -0.25) is 9.63 Å². The first-order valence-electron chi connectivity index (χ1n) is 6.15. The van der Waals surface area contributed by atoms with Gasteiger partial charge in [0.15, 0.2) is 0 Å². The fourth-order valence-corrected chi connectivity index (χ4v) is 2.85. The molecule has 0 radical (unpaired) electrons. The number of carbonyl (C=O) groups excluding carboxylic acids is 1. The van der Waals surface area contributed by atoms with E-state index in [0.717, 1.165) is 14.2 Å². The molecular weight excluding hydrogens is 321 g/mol. The van der Waals surface area contributed by atoms with Crippen LogP contribution in [0.4, 0.5) is 13.2 Å². The van der Waals surface area contributed by atoms with Crippen LogP contribution >= 0.6 is 11.3 Å². The van der Waals surface area contributed by atoms with E-state index in [2.05, 4.69) is 9.82 Å². The standard InChI is InChI=1S/C13H13F3N2O3S/c1-18(21-2)10(19)7-12(20,13(14,15)16)11-17-8-5-3-4-6-9(8)22-11/h3-6,20H,7H2,1-2H3/t12-/m1/s1. The van der Waals surface area contributed by atoms with E-state index in [1.807, 2.05) is 0 Å². The maximum Gasteiger partial charge on any atom is 0.424 e. The van der Waals surface area contributed by atoms with Crippen LogP contribution in [0.1, 0.15) is 11.4 Å². The van der Waals surface area contributed by atoms with Gasteiger partial charge in [0.05, 0.1) is 23.7 Å². The number of para-hydroxylation sites is 1. The van der Waals surface area contributed by atoms with Gasteiger partial charge in [-0.2, -0.15) is 13.2 Å². The first kappa shape index (κ1) is 16.7. The summed E-state index contributed by atoms with van der Waals surface area (Å²) in [6.07, 6.45) is -6.26. The second-order valence-electron chi connectivity index (χ2n) is 4.60. The minimum atomic E-state index is -5.05. The number of thiazole rings is 1. The predicted octanol–water partition coefficient (Wildman–Crippen LogP) is 2.46. The number of nitrogens with zero attached hydrogens (tertiary/aromatic N) is 2. The van der Waals surface area contributed by atoms with Gasteiger partial charge in [0.2, 0.25) is 11.5 Å². The highest BCUT2D eigenvalue weighted by Crippen LogP contribution is 2.44. The van der Waals surface area contributed by atoms with Crippen molar-refractivity contribution < 1.29 is 27.9 Å².